The molecule has 0 heterocycles. The number of anilines is 1. The van der Waals surface area contributed by atoms with E-state index in [4.69, 9.17) is 0 Å². The number of nitrogens with zero attached hydrogens (tertiary/aromatic N) is 1. The topological polar surface area (TPSA) is 41.5 Å². The van der Waals surface area contributed by atoms with Gasteiger partial charge in [-0.2, -0.15) is 0 Å². The second-order valence-electron chi connectivity index (χ2n) is 2.48. The first kappa shape index (κ1) is 9.19. The second kappa shape index (κ2) is 3.67. The normalized spacial score (nSPS) is 9.58. The van der Waals surface area contributed by atoms with Crippen LogP contribution in [-0.4, -0.2) is 7.05 Å². The van der Waals surface area contributed by atoms with Crippen LogP contribution in [0.5, 0.6) is 0 Å². The number of nitroso groups, excluding NO2 is 1. The number of nitrogens with one attached hydrogen (secondary N) is 1. The molecular formula is C8H9BrN2O. The van der Waals surface area contributed by atoms with Gasteiger partial charge in [-0.3, -0.25) is 0 Å². The Labute approximate surface area is 79.3 Å². The Morgan fingerprint density at radius 1 is 1.50 bits per heavy atom. The molecule has 1 N–H and O–H groups in total. The van der Waals surface area contributed by atoms with Crippen molar-refractivity contribution in [1.82, 2.24) is 0 Å². The minimum absolute atomic E-state index is 0.435. The van der Waals surface area contributed by atoms with Gasteiger partial charge in [-0.1, -0.05) is 0 Å². The Balaban J connectivity index is 3.33. The van der Waals surface area contributed by atoms with Crippen molar-refractivity contribution >= 4 is 27.3 Å². The van der Waals surface area contributed by atoms with Gasteiger partial charge in [0.05, 0.1) is 5.69 Å². The molecule has 0 saturated carbocycles. The van der Waals surface area contributed by atoms with Crippen LogP contribution in [-0.2, 0) is 0 Å². The summed E-state index contributed by atoms with van der Waals surface area (Å²) >= 11 is 3.34. The maximum atomic E-state index is 10.4. The highest BCUT2D eigenvalue weighted by Gasteiger charge is 2.05. The molecule has 0 aliphatic heterocycles. The molecule has 0 atom stereocenters. The molecule has 12 heavy (non-hydrogen) atoms. The largest absolute Gasteiger partial charge is 0.385 e. The van der Waals surface area contributed by atoms with Crippen LogP contribution in [0.25, 0.3) is 0 Å². The van der Waals surface area contributed by atoms with Gasteiger partial charge < -0.3 is 5.32 Å². The first-order valence-corrected chi connectivity index (χ1v) is 4.29. The van der Waals surface area contributed by atoms with Crippen LogP contribution in [0.1, 0.15) is 5.56 Å². The lowest BCUT2D eigenvalue weighted by atomic mass is 10.2. The lowest BCUT2D eigenvalue weighted by molar-refractivity contribution is 1.37. The minimum Gasteiger partial charge on any atom is -0.385 e. The van der Waals surface area contributed by atoms with Crippen LogP contribution in [0.2, 0.25) is 0 Å². The van der Waals surface area contributed by atoms with Crippen molar-refractivity contribution in [2.75, 3.05) is 12.4 Å². The molecule has 1 rings (SSSR count). The van der Waals surface area contributed by atoms with E-state index >= 15 is 0 Å². The first-order chi connectivity index (χ1) is 5.69. The summed E-state index contributed by atoms with van der Waals surface area (Å²) in [7, 11) is 1.75. The van der Waals surface area contributed by atoms with Crippen LogP contribution in [0, 0.1) is 11.8 Å². The third-order valence-electron chi connectivity index (χ3n) is 1.56. The quantitative estimate of drug-likeness (QED) is 0.791. The zero-order chi connectivity index (χ0) is 9.14. The van der Waals surface area contributed by atoms with Crippen molar-refractivity contribution in [3.63, 3.8) is 0 Å². The number of hydrogen-bond acceptors (Lipinski definition) is 3. The standard InChI is InChI=1S/C8H9BrN2O/c1-5-3-6(9)8(10-2)7(4-5)11-12/h3-4,10H,1-2H3. The van der Waals surface area contributed by atoms with Gasteiger partial charge in [-0.15, -0.1) is 4.91 Å². The number of rotatable bonds is 2. The number of aryl methyl sites for hydroxylation is 1. The highest BCUT2D eigenvalue weighted by molar-refractivity contribution is 9.10. The van der Waals surface area contributed by atoms with Gasteiger partial charge in [-0.25, -0.2) is 0 Å². The third-order valence-corrected chi connectivity index (χ3v) is 2.19. The average molecular weight is 229 g/mol. The summed E-state index contributed by atoms with van der Waals surface area (Å²) < 4.78 is 0.861. The van der Waals surface area contributed by atoms with Gasteiger partial charge in [0, 0.05) is 11.5 Å². The van der Waals surface area contributed by atoms with Gasteiger partial charge in [0.15, 0.2) is 0 Å². The average Bonchev–Trinajstić information content (AvgIpc) is 2.03. The second-order valence-corrected chi connectivity index (χ2v) is 3.34. The third kappa shape index (κ3) is 1.64. The van der Waals surface area contributed by atoms with Gasteiger partial charge in [0.2, 0.25) is 0 Å². The first-order valence-electron chi connectivity index (χ1n) is 3.50. The van der Waals surface area contributed by atoms with E-state index < -0.39 is 0 Å². The maximum absolute atomic E-state index is 10.4. The molecule has 0 spiro atoms. The van der Waals surface area contributed by atoms with Crippen LogP contribution < -0.4 is 5.32 Å². The fraction of sp³-hybridized carbons (Fsp3) is 0.250. The Kier molecular flexibility index (Phi) is 2.81. The van der Waals surface area contributed by atoms with Gasteiger partial charge in [-0.05, 0) is 45.7 Å². The molecule has 1 aromatic rings. The van der Waals surface area contributed by atoms with Gasteiger partial charge >= 0.3 is 0 Å². The fourth-order valence-corrected chi connectivity index (χ4v) is 1.81. The predicted molar refractivity (Wildman–Crippen MR) is 53.9 cm³/mol. The van der Waals surface area contributed by atoms with Crippen LogP contribution in [0.4, 0.5) is 11.4 Å². The molecule has 0 aromatic heterocycles. The van der Waals surface area contributed by atoms with Crippen LogP contribution in [0.3, 0.4) is 0 Å². The summed E-state index contributed by atoms with van der Waals surface area (Å²) in [5.74, 6) is 0. The van der Waals surface area contributed by atoms with E-state index in [-0.39, 0.29) is 0 Å². The SMILES string of the molecule is CNc1c(Br)cc(C)cc1N=O. The van der Waals surface area contributed by atoms with Crippen molar-refractivity contribution in [1.29, 1.82) is 0 Å². The fourth-order valence-electron chi connectivity index (χ4n) is 1.04. The van der Waals surface area contributed by atoms with E-state index in [0.717, 1.165) is 15.7 Å². The molecule has 0 amide bonds. The summed E-state index contributed by atoms with van der Waals surface area (Å²) in [6, 6.07) is 3.67. The highest BCUT2D eigenvalue weighted by Crippen LogP contribution is 2.33. The molecule has 0 bridgehead atoms. The van der Waals surface area contributed by atoms with Crippen molar-refractivity contribution in [3.8, 4) is 0 Å². The zero-order valence-electron chi connectivity index (χ0n) is 6.89. The van der Waals surface area contributed by atoms with Gasteiger partial charge in [0.1, 0.15) is 5.69 Å². The lowest BCUT2D eigenvalue weighted by Gasteiger charge is -2.06. The molecule has 0 fully saturated rings. The van der Waals surface area contributed by atoms with Crippen LogP contribution in [0.15, 0.2) is 21.8 Å². The zero-order valence-corrected chi connectivity index (χ0v) is 8.47. The Morgan fingerprint density at radius 2 is 2.17 bits per heavy atom. The summed E-state index contributed by atoms with van der Waals surface area (Å²) in [6.07, 6.45) is 0. The molecule has 0 unspecified atom stereocenters. The molecule has 1 aromatic carbocycles. The minimum atomic E-state index is 0.435. The number of halogens is 1. The van der Waals surface area contributed by atoms with E-state index in [9.17, 15) is 4.91 Å². The van der Waals surface area contributed by atoms with Crippen molar-refractivity contribution in [2.24, 2.45) is 5.18 Å². The summed E-state index contributed by atoms with van der Waals surface area (Å²) in [5, 5.41) is 5.82. The smallest absolute Gasteiger partial charge is 0.132 e. The molecule has 0 radical (unpaired) electrons. The van der Waals surface area contributed by atoms with Gasteiger partial charge in [0.25, 0.3) is 0 Å². The number of benzene rings is 1. The van der Waals surface area contributed by atoms with E-state index in [0.29, 0.717) is 5.69 Å². The molecule has 0 aliphatic carbocycles. The van der Waals surface area contributed by atoms with E-state index in [1.54, 1.807) is 13.1 Å². The Bertz CT molecular complexity index is 312. The lowest BCUT2D eigenvalue weighted by Crippen LogP contribution is -1.90. The molecule has 3 nitrogen and oxygen atoms in total. The molecule has 4 heteroatoms. The highest BCUT2D eigenvalue weighted by atomic mass is 79.9. The van der Waals surface area contributed by atoms with E-state index in [1.807, 2.05) is 13.0 Å². The van der Waals surface area contributed by atoms with Crippen molar-refractivity contribution in [3.05, 3.63) is 27.1 Å². The summed E-state index contributed by atoms with van der Waals surface area (Å²) in [4.78, 5) is 10.4. The van der Waals surface area contributed by atoms with Crippen LogP contribution >= 0.6 is 15.9 Å². The van der Waals surface area contributed by atoms with Crippen molar-refractivity contribution < 1.29 is 0 Å². The number of hydrogen-bond donors (Lipinski definition) is 1. The molecular weight excluding hydrogens is 220 g/mol. The Morgan fingerprint density at radius 3 is 2.67 bits per heavy atom. The predicted octanol–water partition coefficient (Wildman–Crippen LogP) is 3.20. The summed E-state index contributed by atoms with van der Waals surface area (Å²) in [6.45, 7) is 1.92. The monoisotopic (exact) mass is 228 g/mol. The maximum Gasteiger partial charge on any atom is 0.132 e. The van der Waals surface area contributed by atoms with Crippen molar-refractivity contribution in [2.45, 2.75) is 6.92 Å². The van der Waals surface area contributed by atoms with E-state index in [2.05, 4.69) is 26.4 Å². The summed E-state index contributed by atoms with van der Waals surface area (Å²) in [5.41, 5.74) is 2.18. The molecule has 64 valence electrons. The molecule has 0 saturated heterocycles. The van der Waals surface area contributed by atoms with E-state index in [1.165, 1.54) is 0 Å². The Hall–Kier alpha value is -0.900. The molecule has 0 aliphatic rings.